The Hall–Kier alpha value is -0.0600. The topological polar surface area (TPSA) is 15.3 Å². The highest BCUT2D eigenvalue weighted by molar-refractivity contribution is 9.10. The molecule has 0 aromatic heterocycles. The Morgan fingerprint density at radius 2 is 1.80 bits per heavy atom. The molecule has 5 heteroatoms. The zero-order chi connectivity index (χ0) is 12.8. The van der Waals surface area contributed by atoms with Crippen LogP contribution in [0, 0.1) is 0 Å². The summed E-state index contributed by atoms with van der Waals surface area (Å²) in [5.41, 5.74) is 1.42. The van der Waals surface area contributed by atoms with Gasteiger partial charge in [0.1, 0.15) is 0 Å². The lowest BCUT2D eigenvalue weighted by Crippen LogP contribution is -2.45. The fourth-order valence-electron chi connectivity index (χ4n) is 2.51. The summed E-state index contributed by atoms with van der Waals surface area (Å²) in [5, 5.41) is 3.42. The van der Waals surface area contributed by atoms with Crippen molar-refractivity contribution in [1.82, 2.24) is 10.2 Å². The first-order chi connectivity index (χ1) is 8.81. The van der Waals surface area contributed by atoms with Gasteiger partial charge in [0.2, 0.25) is 0 Å². The Balaban J connectivity index is 0.00000180. The molecule has 1 heterocycles. The number of allylic oxidation sites excluding steroid dienone is 1. The van der Waals surface area contributed by atoms with Gasteiger partial charge in [-0.15, -0.1) is 31.4 Å². The molecule has 2 rings (SSSR count). The van der Waals surface area contributed by atoms with Crippen molar-refractivity contribution in [2.75, 3.05) is 26.2 Å². The van der Waals surface area contributed by atoms with Crippen LogP contribution in [-0.2, 0) is 0 Å². The molecule has 1 aromatic rings. The summed E-state index contributed by atoms with van der Waals surface area (Å²) in [6, 6.07) is 9.27. The smallest absolute Gasteiger partial charge is 0.0352 e. The second-order valence-electron chi connectivity index (χ2n) is 4.72. The van der Waals surface area contributed by atoms with Crippen molar-refractivity contribution in [3.05, 3.63) is 47.0 Å². The van der Waals surface area contributed by atoms with Crippen LogP contribution in [0.3, 0.4) is 0 Å². The minimum atomic E-state index is 0. The van der Waals surface area contributed by atoms with Crippen LogP contribution in [0.25, 0.3) is 0 Å². The van der Waals surface area contributed by atoms with Crippen molar-refractivity contribution in [3.63, 3.8) is 0 Å². The zero-order valence-corrected chi connectivity index (χ0v) is 14.8. The number of halogens is 3. The van der Waals surface area contributed by atoms with E-state index in [-0.39, 0.29) is 24.8 Å². The number of rotatable bonds is 5. The summed E-state index contributed by atoms with van der Waals surface area (Å²) in [6.07, 6.45) is 4.25. The van der Waals surface area contributed by atoms with Crippen molar-refractivity contribution in [2.45, 2.75) is 18.9 Å². The maximum absolute atomic E-state index is 3.85. The minimum absolute atomic E-state index is 0. The van der Waals surface area contributed by atoms with Crippen molar-refractivity contribution < 1.29 is 0 Å². The van der Waals surface area contributed by atoms with Crippen LogP contribution in [0.4, 0.5) is 0 Å². The maximum Gasteiger partial charge on any atom is 0.0352 e. The lowest BCUT2D eigenvalue weighted by molar-refractivity contribution is 0.166. The van der Waals surface area contributed by atoms with Gasteiger partial charge in [-0.1, -0.05) is 34.1 Å². The molecule has 1 fully saturated rings. The second-order valence-corrected chi connectivity index (χ2v) is 5.64. The molecule has 1 saturated heterocycles. The Labute approximate surface area is 143 Å². The van der Waals surface area contributed by atoms with Gasteiger partial charge in [-0.3, -0.25) is 4.90 Å². The molecule has 1 N–H and O–H groups in total. The third-order valence-corrected chi connectivity index (χ3v) is 4.02. The van der Waals surface area contributed by atoms with E-state index in [1.54, 1.807) is 0 Å². The van der Waals surface area contributed by atoms with Gasteiger partial charge in [0.05, 0.1) is 0 Å². The molecular weight excluding hydrogens is 359 g/mol. The van der Waals surface area contributed by atoms with Crippen LogP contribution < -0.4 is 5.32 Å². The van der Waals surface area contributed by atoms with Crippen molar-refractivity contribution in [3.8, 4) is 0 Å². The number of piperazine rings is 1. The molecule has 0 spiro atoms. The fraction of sp³-hybridized carbons (Fsp3) is 0.467. The van der Waals surface area contributed by atoms with Crippen LogP contribution in [0.1, 0.15) is 24.4 Å². The molecule has 0 amide bonds. The summed E-state index contributed by atoms with van der Waals surface area (Å²) >= 11 is 3.50. The predicted molar refractivity (Wildman–Crippen MR) is 95.3 cm³/mol. The normalized spacial score (nSPS) is 16.6. The minimum Gasteiger partial charge on any atom is -0.314 e. The zero-order valence-electron chi connectivity index (χ0n) is 11.6. The van der Waals surface area contributed by atoms with Gasteiger partial charge in [0.15, 0.2) is 0 Å². The van der Waals surface area contributed by atoms with Crippen LogP contribution >= 0.6 is 40.7 Å². The van der Waals surface area contributed by atoms with Crippen molar-refractivity contribution in [2.24, 2.45) is 0 Å². The highest BCUT2D eigenvalue weighted by Crippen LogP contribution is 2.27. The third kappa shape index (κ3) is 5.74. The Morgan fingerprint density at radius 3 is 2.35 bits per heavy atom. The second kappa shape index (κ2) is 10.6. The van der Waals surface area contributed by atoms with E-state index in [0.29, 0.717) is 6.04 Å². The van der Waals surface area contributed by atoms with E-state index in [2.05, 4.69) is 57.0 Å². The molecule has 114 valence electrons. The molecule has 0 saturated carbocycles. The Bertz CT molecular complexity index is 378. The van der Waals surface area contributed by atoms with Gasteiger partial charge >= 0.3 is 0 Å². The highest BCUT2D eigenvalue weighted by Gasteiger charge is 2.21. The molecule has 2 nitrogen and oxygen atoms in total. The summed E-state index contributed by atoms with van der Waals surface area (Å²) in [5.74, 6) is 0. The van der Waals surface area contributed by atoms with Gasteiger partial charge in [0, 0.05) is 36.7 Å². The first-order valence-corrected chi connectivity index (χ1v) is 7.41. The molecular formula is C15H23BrCl2N2. The van der Waals surface area contributed by atoms with Crippen LogP contribution in [-0.4, -0.2) is 31.1 Å². The molecule has 0 radical (unpaired) electrons. The number of hydrogen-bond acceptors (Lipinski definition) is 2. The van der Waals surface area contributed by atoms with E-state index in [9.17, 15) is 0 Å². The predicted octanol–water partition coefficient (Wildman–Crippen LogP) is 4.21. The molecule has 0 unspecified atom stereocenters. The average molecular weight is 382 g/mol. The summed E-state index contributed by atoms with van der Waals surface area (Å²) in [6.45, 7) is 8.32. The molecule has 1 aliphatic rings. The van der Waals surface area contributed by atoms with Gasteiger partial charge in [-0.05, 0) is 30.5 Å². The quantitative estimate of drug-likeness (QED) is 0.768. The highest BCUT2D eigenvalue weighted by atomic mass is 79.9. The van der Waals surface area contributed by atoms with Crippen molar-refractivity contribution in [1.29, 1.82) is 0 Å². The average Bonchev–Trinajstić information content (AvgIpc) is 2.42. The van der Waals surface area contributed by atoms with Crippen LogP contribution in [0.15, 0.2) is 41.4 Å². The third-order valence-electron chi connectivity index (χ3n) is 3.49. The van der Waals surface area contributed by atoms with E-state index in [0.717, 1.165) is 43.5 Å². The first-order valence-electron chi connectivity index (χ1n) is 6.62. The maximum atomic E-state index is 3.85. The van der Waals surface area contributed by atoms with E-state index in [1.165, 1.54) is 5.56 Å². The largest absolute Gasteiger partial charge is 0.314 e. The fourth-order valence-corrected chi connectivity index (χ4v) is 2.78. The van der Waals surface area contributed by atoms with E-state index < -0.39 is 0 Å². The van der Waals surface area contributed by atoms with Crippen LogP contribution in [0.5, 0.6) is 0 Å². The molecule has 0 bridgehead atoms. The van der Waals surface area contributed by atoms with E-state index in [4.69, 9.17) is 0 Å². The Morgan fingerprint density at radius 1 is 1.20 bits per heavy atom. The number of nitrogens with zero attached hydrogens (tertiary/aromatic N) is 1. The molecule has 0 aliphatic carbocycles. The summed E-state index contributed by atoms with van der Waals surface area (Å²) in [4.78, 5) is 2.59. The number of nitrogens with one attached hydrogen (secondary N) is 1. The first kappa shape index (κ1) is 19.9. The summed E-state index contributed by atoms with van der Waals surface area (Å²) < 4.78 is 1.15. The standard InChI is InChI=1S/C15H21BrN2.2ClH/c1-2-3-4-15(18-11-9-17-10-12-18)13-5-7-14(16)8-6-13;;/h2,5-8,15,17H,1,3-4,9-12H2;2*1H/t15-;;/m0../s1. The van der Waals surface area contributed by atoms with Crippen molar-refractivity contribution >= 4 is 40.7 Å². The van der Waals surface area contributed by atoms with Gasteiger partial charge in [0.25, 0.3) is 0 Å². The number of benzene rings is 1. The molecule has 1 aromatic carbocycles. The van der Waals surface area contributed by atoms with E-state index >= 15 is 0 Å². The Kier molecular flexibility index (Phi) is 10.6. The molecule has 1 atom stereocenters. The van der Waals surface area contributed by atoms with Gasteiger partial charge in [-0.2, -0.15) is 0 Å². The monoisotopic (exact) mass is 380 g/mol. The molecule has 1 aliphatic heterocycles. The number of hydrogen-bond donors (Lipinski definition) is 1. The van der Waals surface area contributed by atoms with Gasteiger partial charge < -0.3 is 5.32 Å². The SMILES string of the molecule is C=CCC[C@@H](c1ccc(Br)cc1)N1CCNCC1.Cl.Cl. The lowest BCUT2D eigenvalue weighted by atomic mass is 9.99. The molecule has 20 heavy (non-hydrogen) atoms. The van der Waals surface area contributed by atoms with Crippen LogP contribution in [0.2, 0.25) is 0 Å². The van der Waals surface area contributed by atoms with Gasteiger partial charge in [-0.25, -0.2) is 0 Å². The summed E-state index contributed by atoms with van der Waals surface area (Å²) in [7, 11) is 0. The lowest BCUT2D eigenvalue weighted by Gasteiger charge is -2.35. The van der Waals surface area contributed by atoms with E-state index in [1.807, 2.05) is 6.08 Å².